The van der Waals surface area contributed by atoms with Crippen molar-refractivity contribution in [3.8, 4) is 0 Å². The maximum atomic E-state index is 11.2. The Morgan fingerprint density at radius 1 is 1.65 bits per heavy atom. The summed E-state index contributed by atoms with van der Waals surface area (Å²) >= 11 is 5.28. The minimum atomic E-state index is 0.0482. The van der Waals surface area contributed by atoms with Crippen molar-refractivity contribution in [3.05, 3.63) is 20.8 Å². The van der Waals surface area contributed by atoms with Gasteiger partial charge in [-0.05, 0) is 40.9 Å². The first-order valence-corrected chi connectivity index (χ1v) is 8.64. The molecule has 1 saturated heterocycles. The molecule has 6 heteroatoms. The second-order valence-electron chi connectivity index (χ2n) is 5.34. The Bertz CT molecular complexity index is 465. The number of rotatable bonds is 5. The summed E-state index contributed by atoms with van der Waals surface area (Å²) in [6.45, 7) is 5.57. The van der Waals surface area contributed by atoms with E-state index < -0.39 is 0 Å². The van der Waals surface area contributed by atoms with Gasteiger partial charge in [-0.15, -0.1) is 11.3 Å². The molecule has 1 aliphatic heterocycles. The van der Waals surface area contributed by atoms with Gasteiger partial charge in [0.1, 0.15) is 0 Å². The van der Waals surface area contributed by atoms with Crippen LogP contribution < -0.4 is 11.1 Å². The highest BCUT2D eigenvalue weighted by Crippen LogP contribution is 2.35. The van der Waals surface area contributed by atoms with Gasteiger partial charge in [0.25, 0.3) is 0 Å². The lowest BCUT2D eigenvalue weighted by molar-refractivity contribution is -0.119. The van der Waals surface area contributed by atoms with Gasteiger partial charge < -0.3 is 11.1 Å². The highest BCUT2D eigenvalue weighted by atomic mass is 79.9. The monoisotopic (exact) mass is 359 g/mol. The lowest BCUT2D eigenvalue weighted by Gasteiger charge is -2.31. The fourth-order valence-electron chi connectivity index (χ4n) is 2.82. The molecule has 3 atom stereocenters. The second-order valence-corrected chi connectivity index (χ2v) is 7.83. The molecule has 0 radical (unpaired) electrons. The molecule has 4 nitrogen and oxygen atoms in total. The van der Waals surface area contributed by atoms with Crippen molar-refractivity contribution in [2.45, 2.75) is 44.8 Å². The van der Waals surface area contributed by atoms with Crippen molar-refractivity contribution in [1.29, 1.82) is 0 Å². The first-order chi connectivity index (χ1) is 9.51. The lowest BCUT2D eigenvalue weighted by atomic mass is 10.0. The van der Waals surface area contributed by atoms with Gasteiger partial charge in [-0.25, -0.2) is 0 Å². The van der Waals surface area contributed by atoms with E-state index in [-0.39, 0.29) is 24.0 Å². The first-order valence-electron chi connectivity index (χ1n) is 7.03. The van der Waals surface area contributed by atoms with E-state index in [1.165, 1.54) is 4.88 Å². The molecule has 0 aromatic carbocycles. The number of amides is 1. The number of hydrogen-bond donors (Lipinski definition) is 2. The van der Waals surface area contributed by atoms with Gasteiger partial charge in [0.15, 0.2) is 0 Å². The fraction of sp³-hybridized carbons (Fsp3) is 0.643. The zero-order valence-corrected chi connectivity index (χ0v) is 14.3. The van der Waals surface area contributed by atoms with Crippen LogP contribution >= 0.6 is 27.3 Å². The second kappa shape index (κ2) is 7.02. The van der Waals surface area contributed by atoms with Crippen LogP contribution in [0.1, 0.15) is 37.6 Å². The molecule has 2 rings (SSSR count). The summed E-state index contributed by atoms with van der Waals surface area (Å²) in [5.41, 5.74) is 6.35. The van der Waals surface area contributed by atoms with E-state index in [1.807, 2.05) is 0 Å². The third-order valence-corrected chi connectivity index (χ3v) is 5.48. The van der Waals surface area contributed by atoms with E-state index in [9.17, 15) is 4.79 Å². The number of halogens is 1. The summed E-state index contributed by atoms with van der Waals surface area (Å²) in [4.78, 5) is 14.9. The maximum absolute atomic E-state index is 11.2. The molecule has 3 unspecified atom stereocenters. The van der Waals surface area contributed by atoms with Crippen molar-refractivity contribution in [1.82, 2.24) is 10.2 Å². The molecular weight excluding hydrogens is 338 g/mol. The number of nitrogens with two attached hydrogens (primary N) is 1. The standard InChI is InChI=1S/C14H22BrN3OS/c1-3-11(16)14(12-4-5-13(15)20-12)18-7-6-10(8-18)17-9(2)19/h4-5,10-11,14H,3,6-8,16H2,1-2H3,(H,17,19). The van der Waals surface area contributed by atoms with Crippen LogP contribution in [0.15, 0.2) is 15.9 Å². The van der Waals surface area contributed by atoms with E-state index in [2.05, 4.69) is 45.2 Å². The Morgan fingerprint density at radius 3 is 2.95 bits per heavy atom. The molecule has 1 aromatic heterocycles. The Kier molecular flexibility index (Phi) is 5.60. The van der Waals surface area contributed by atoms with Crippen LogP contribution in [0.4, 0.5) is 0 Å². The maximum Gasteiger partial charge on any atom is 0.217 e. The Labute approximate surface area is 132 Å². The highest BCUT2D eigenvalue weighted by molar-refractivity contribution is 9.11. The molecule has 0 bridgehead atoms. The quantitative estimate of drug-likeness (QED) is 0.848. The summed E-state index contributed by atoms with van der Waals surface area (Å²) in [6, 6.07) is 4.85. The number of carbonyl (C=O) groups is 1. The largest absolute Gasteiger partial charge is 0.352 e. The van der Waals surface area contributed by atoms with Crippen LogP contribution in [0.25, 0.3) is 0 Å². The van der Waals surface area contributed by atoms with Crippen molar-refractivity contribution < 1.29 is 4.79 Å². The van der Waals surface area contributed by atoms with Gasteiger partial charge in [0.05, 0.1) is 9.83 Å². The average molecular weight is 360 g/mol. The lowest BCUT2D eigenvalue weighted by Crippen LogP contribution is -2.41. The third kappa shape index (κ3) is 3.81. The minimum Gasteiger partial charge on any atom is -0.352 e. The van der Waals surface area contributed by atoms with Crippen LogP contribution in [0.5, 0.6) is 0 Å². The molecule has 0 saturated carbocycles. The van der Waals surface area contributed by atoms with Crippen LogP contribution in [0.3, 0.4) is 0 Å². The molecule has 1 fully saturated rings. The summed E-state index contributed by atoms with van der Waals surface area (Å²) in [6.07, 6.45) is 1.94. The number of nitrogens with zero attached hydrogens (tertiary/aromatic N) is 1. The molecule has 3 N–H and O–H groups in total. The van der Waals surface area contributed by atoms with E-state index >= 15 is 0 Å². The van der Waals surface area contributed by atoms with E-state index in [1.54, 1.807) is 18.3 Å². The number of nitrogens with one attached hydrogen (secondary N) is 1. The van der Waals surface area contributed by atoms with Crippen LogP contribution in [0.2, 0.25) is 0 Å². The SMILES string of the molecule is CCC(N)C(c1ccc(Br)s1)N1CCC(NC(C)=O)C1. The van der Waals surface area contributed by atoms with E-state index in [0.717, 1.165) is 29.7 Å². The minimum absolute atomic E-state index is 0.0482. The van der Waals surface area contributed by atoms with Crippen LogP contribution in [-0.4, -0.2) is 36.0 Å². The Hall–Kier alpha value is -0.430. The van der Waals surface area contributed by atoms with Crippen molar-refractivity contribution in [2.24, 2.45) is 5.73 Å². The normalized spacial score (nSPS) is 22.7. The molecular formula is C14H22BrN3OS. The topological polar surface area (TPSA) is 58.4 Å². The molecule has 0 aliphatic carbocycles. The molecule has 1 amide bonds. The summed E-state index contributed by atoms with van der Waals surface area (Å²) < 4.78 is 1.14. The summed E-state index contributed by atoms with van der Waals surface area (Å²) in [7, 11) is 0. The van der Waals surface area contributed by atoms with E-state index in [0.29, 0.717) is 0 Å². The molecule has 0 spiro atoms. The molecule has 20 heavy (non-hydrogen) atoms. The van der Waals surface area contributed by atoms with Gasteiger partial charge in [-0.1, -0.05) is 6.92 Å². The smallest absolute Gasteiger partial charge is 0.217 e. The fourth-order valence-corrected chi connectivity index (χ4v) is 4.45. The number of thiophene rings is 1. The number of carbonyl (C=O) groups excluding carboxylic acids is 1. The first kappa shape index (κ1) is 15.9. The predicted octanol–water partition coefficient (Wildman–Crippen LogP) is 2.50. The zero-order valence-electron chi connectivity index (χ0n) is 11.9. The van der Waals surface area contributed by atoms with Gasteiger partial charge in [0, 0.05) is 37.0 Å². The number of likely N-dealkylation sites (tertiary alicyclic amines) is 1. The predicted molar refractivity (Wildman–Crippen MR) is 86.8 cm³/mol. The van der Waals surface area contributed by atoms with Crippen LogP contribution in [-0.2, 0) is 4.79 Å². The van der Waals surface area contributed by atoms with Crippen molar-refractivity contribution >= 4 is 33.2 Å². The van der Waals surface area contributed by atoms with Gasteiger partial charge in [-0.3, -0.25) is 9.69 Å². The Morgan fingerprint density at radius 2 is 2.40 bits per heavy atom. The highest BCUT2D eigenvalue weighted by Gasteiger charge is 2.33. The summed E-state index contributed by atoms with van der Waals surface area (Å²) in [5, 5.41) is 3.01. The molecule has 112 valence electrons. The molecule has 1 aromatic rings. The van der Waals surface area contributed by atoms with E-state index in [4.69, 9.17) is 5.73 Å². The molecule has 2 heterocycles. The molecule has 1 aliphatic rings. The Balaban J connectivity index is 2.10. The third-order valence-electron chi connectivity index (χ3n) is 3.78. The van der Waals surface area contributed by atoms with Gasteiger partial charge in [-0.2, -0.15) is 0 Å². The van der Waals surface area contributed by atoms with Gasteiger partial charge in [0.2, 0.25) is 5.91 Å². The zero-order chi connectivity index (χ0) is 14.7. The van der Waals surface area contributed by atoms with Crippen molar-refractivity contribution in [3.63, 3.8) is 0 Å². The average Bonchev–Trinajstić information content (AvgIpc) is 2.99. The summed E-state index contributed by atoms with van der Waals surface area (Å²) in [5.74, 6) is 0.0482. The number of hydrogen-bond acceptors (Lipinski definition) is 4. The van der Waals surface area contributed by atoms with Crippen molar-refractivity contribution in [2.75, 3.05) is 13.1 Å². The van der Waals surface area contributed by atoms with Crippen LogP contribution in [0, 0.1) is 0 Å². The van der Waals surface area contributed by atoms with Gasteiger partial charge >= 0.3 is 0 Å².